The summed E-state index contributed by atoms with van der Waals surface area (Å²) >= 11 is 5.84. The van der Waals surface area contributed by atoms with Crippen LogP contribution >= 0.6 is 11.6 Å². The standard InChI is InChI=1S/C15H13ClN2O2S/c16-12-4-2-5-13(9-12)21(19,20)18-10-11-3-1-6-15-14(11)7-8-17-15/h1-9,17-18H,10H2. The summed E-state index contributed by atoms with van der Waals surface area (Å²) in [5.41, 5.74) is 1.90. The summed E-state index contributed by atoms with van der Waals surface area (Å²) in [6, 6.07) is 13.9. The predicted octanol–water partition coefficient (Wildman–Crippen LogP) is 3.30. The van der Waals surface area contributed by atoms with Crippen molar-refractivity contribution >= 4 is 32.5 Å². The molecule has 2 N–H and O–H groups in total. The summed E-state index contributed by atoms with van der Waals surface area (Å²) < 4.78 is 27.1. The Morgan fingerprint density at radius 2 is 1.90 bits per heavy atom. The van der Waals surface area contributed by atoms with E-state index < -0.39 is 10.0 Å². The van der Waals surface area contributed by atoms with E-state index in [0.717, 1.165) is 16.5 Å². The van der Waals surface area contributed by atoms with Crippen LogP contribution in [0.4, 0.5) is 0 Å². The van der Waals surface area contributed by atoms with Crippen molar-refractivity contribution < 1.29 is 8.42 Å². The normalized spacial score (nSPS) is 11.9. The van der Waals surface area contributed by atoms with Crippen molar-refractivity contribution in [2.45, 2.75) is 11.4 Å². The molecule has 0 unspecified atom stereocenters. The number of aromatic nitrogens is 1. The summed E-state index contributed by atoms with van der Waals surface area (Å²) in [7, 11) is -3.58. The van der Waals surface area contributed by atoms with E-state index in [4.69, 9.17) is 11.6 Å². The fraction of sp³-hybridized carbons (Fsp3) is 0.0667. The quantitative estimate of drug-likeness (QED) is 0.774. The van der Waals surface area contributed by atoms with E-state index in [1.54, 1.807) is 12.1 Å². The molecule has 0 aliphatic rings. The largest absolute Gasteiger partial charge is 0.361 e. The van der Waals surface area contributed by atoms with Crippen LogP contribution < -0.4 is 4.72 Å². The van der Waals surface area contributed by atoms with Gasteiger partial charge in [0.2, 0.25) is 10.0 Å². The van der Waals surface area contributed by atoms with Crippen molar-refractivity contribution in [2.24, 2.45) is 0 Å². The highest BCUT2D eigenvalue weighted by molar-refractivity contribution is 7.89. The van der Waals surface area contributed by atoms with Crippen molar-refractivity contribution in [3.8, 4) is 0 Å². The lowest BCUT2D eigenvalue weighted by Gasteiger charge is -2.08. The predicted molar refractivity (Wildman–Crippen MR) is 83.8 cm³/mol. The molecule has 3 rings (SSSR count). The minimum absolute atomic E-state index is 0.163. The van der Waals surface area contributed by atoms with Crippen LogP contribution in [0.5, 0.6) is 0 Å². The van der Waals surface area contributed by atoms with Crippen LogP contribution in [0.2, 0.25) is 5.02 Å². The Morgan fingerprint density at radius 1 is 1.10 bits per heavy atom. The molecule has 0 radical (unpaired) electrons. The van der Waals surface area contributed by atoms with Gasteiger partial charge < -0.3 is 4.98 Å². The zero-order valence-electron chi connectivity index (χ0n) is 11.0. The zero-order chi connectivity index (χ0) is 14.9. The smallest absolute Gasteiger partial charge is 0.240 e. The van der Waals surface area contributed by atoms with E-state index in [0.29, 0.717) is 5.02 Å². The second-order valence-corrected chi connectivity index (χ2v) is 6.84. The van der Waals surface area contributed by atoms with Crippen molar-refractivity contribution in [1.82, 2.24) is 9.71 Å². The first kappa shape index (κ1) is 14.1. The highest BCUT2D eigenvalue weighted by Gasteiger charge is 2.14. The molecular formula is C15H13ClN2O2S. The molecule has 0 bridgehead atoms. The molecule has 0 fully saturated rings. The fourth-order valence-corrected chi connectivity index (χ4v) is 3.50. The number of aromatic amines is 1. The van der Waals surface area contributed by atoms with Crippen molar-refractivity contribution in [1.29, 1.82) is 0 Å². The molecule has 1 aromatic heterocycles. The van der Waals surface area contributed by atoms with Crippen LogP contribution in [0.25, 0.3) is 10.9 Å². The maximum absolute atomic E-state index is 12.3. The lowest BCUT2D eigenvalue weighted by atomic mass is 10.1. The van der Waals surface area contributed by atoms with Gasteiger partial charge in [-0.25, -0.2) is 13.1 Å². The summed E-state index contributed by atoms with van der Waals surface area (Å²) in [6.07, 6.45) is 1.83. The first-order valence-corrected chi connectivity index (χ1v) is 8.22. The maximum atomic E-state index is 12.3. The van der Waals surface area contributed by atoms with Gasteiger partial charge in [0.1, 0.15) is 0 Å². The fourth-order valence-electron chi connectivity index (χ4n) is 2.19. The lowest BCUT2D eigenvalue weighted by molar-refractivity contribution is 0.581. The Hall–Kier alpha value is -1.82. The Kier molecular flexibility index (Phi) is 3.71. The van der Waals surface area contributed by atoms with Gasteiger partial charge >= 0.3 is 0 Å². The number of sulfonamides is 1. The Morgan fingerprint density at radius 3 is 2.71 bits per heavy atom. The molecule has 21 heavy (non-hydrogen) atoms. The first-order chi connectivity index (χ1) is 10.1. The third kappa shape index (κ3) is 2.95. The Bertz CT molecular complexity index is 887. The molecule has 6 heteroatoms. The summed E-state index contributed by atoms with van der Waals surface area (Å²) in [6.45, 7) is 0.226. The number of hydrogen-bond donors (Lipinski definition) is 2. The van der Waals surface area contributed by atoms with Gasteiger partial charge in [-0.05, 0) is 35.9 Å². The summed E-state index contributed by atoms with van der Waals surface area (Å²) in [5, 5.41) is 1.40. The van der Waals surface area contributed by atoms with Crippen molar-refractivity contribution in [3.05, 3.63) is 65.3 Å². The minimum atomic E-state index is -3.58. The van der Waals surface area contributed by atoms with Gasteiger partial charge in [0.25, 0.3) is 0 Å². The molecule has 0 saturated heterocycles. The molecule has 0 aliphatic carbocycles. The molecule has 1 heterocycles. The van der Waals surface area contributed by atoms with E-state index >= 15 is 0 Å². The monoisotopic (exact) mass is 320 g/mol. The van der Waals surface area contributed by atoms with Crippen LogP contribution in [0.15, 0.2) is 59.6 Å². The maximum Gasteiger partial charge on any atom is 0.240 e. The number of halogens is 1. The topological polar surface area (TPSA) is 62.0 Å². The molecule has 108 valence electrons. The lowest BCUT2D eigenvalue weighted by Crippen LogP contribution is -2.23. The average molecular weight is 321 g/mol. The molecule has 3 aromatic rings. The van der Waals surface area contributed by atoms with Crippen LogP contribution in [-0.2, 0) is 16.6 Å². The van der Waals surface area contributed by atoms with E-state index in [1.165, 1.54) is 12.1 Å². The van der Waals surface area contributed by atoms with Gasteiger partial charge in [-0.3, -0.25) is 0 Å². The number of benzene rings is 2. The van der Waals surface area contributed by atoms with Gasteiger partial charge in [-0.2, -0.15) is 0 Å². The summed E-state index contributed by atoms with van der Waals surface area (Å²) in [5.74, 6) is 0. The molecule has 0 saturated carbocycles. The number of hydrogen-bond acceptors (Lipinski definition) is 2. The number of nitrogens with one attached hydrogen (secondary N) is 2. The number of fused-ring (bicyclic) bond motifs is 1. The van der Waals surface area contributed by atoms with Gasteiger partial charge in [0.05, 0.1) is 4.90 Å². The highest BCUT2D eigenvalue weighted by Crippen LogP contribution is 2.19. The average Bonchev–Trinajstić information content (AvgIpc) is 2.94. The SMILES string of the molecule is O=S(=O)(NCc1cccc2[nH]ccc12)c1cccc(Cl)c1. The van der Waals surface area contributed by atoms with Crippen LogP contribution in [0.3, 0.4) is 0 Å². The van der Waals surface area contributed by atoms with E-state index in [1.807, 2.05) is 30.5 Å². The Balaban J connectivity index is 1.85. The van der Waals surface area contributed by atoms with Gasteiger partial charge in [0, 0.05) is 28.7 Å². The van der Waals surface area contributed by atoms with Crippen LogP contribution in [-0.4, -0.2) is 13.4 Å². The van der Waals surface area contributed by atoms with Crippen LogP contribution in [0.1, 0.15) is 5.56 Å². The van der Waals surface area contributed by atoms with Crippen molar-refractivity contribution in [2.75, 3.05) is 0 Å². The van der Waals surface area contributed by atoms with E-state index in [-0.39, 0.29) is 11.4 Å². The van der Waals surface area contributed by atoms with E-state index in [9.17, 15) is 8.42 Å². The van der Waals surface area contributed by atoms with Gasteiger partial charge in [-0.1, -0.05) is 29.8 Å². The van der Waals surface area contributed by atoms with Gasteiger partial charge in [0.15, 0.2) is 0 Å². The third-order valence-corrected chi connectivity index (χ3v) is 4.88. The minimum Gasteiger partial charge on any atom is -0.361 e. The molecule has 0 aliphatic heterocycles. The highest BCUT2D eigenvalue weighted by atomic mass is 35.5. The third-order valence-electron chi connectivity index (χ3n) is 3.24. The second-order valence-electron chi connectivity index (χ2n) is 4.64. The van der Waals surface area contributed by atoms with Gasteiger partial charge in [-0.15, -0.1) is 0 Å². The zero-order valence-corrected chi connectivity index (χ0v) is 12.6. The molecule has 0 amide bonds. The number of H-pyrrole nitrogens is 1. The van der Waals surface area contributed by atoms with Crippen molar-refractivity contribution in [3.63, 3.8) is 0 Å². The van der Waals surface area contributed by atoms with E-state index in [2.05, 4.69) is 9.71 Å². The molecular weight excluding hydrogens is 308 g/mol. The second kappa shape index (κ2) is 5.52. The van der Waals surface area contributed by atoms with Crippen LogP contribution in [0, 0.1) is 0 Å². The first-order valence-electron chi connectivity index (χ1n) is 6.36. The molecule has 0 spiro atoms. The number of rotatable bonds is 4. The molecule has 4 nitrogen and oxygen atoms in total. The molecule has 0 atom stereocenters. The Labute approximate surface area is 127 Å². The molecule has 2 aromatic carbocycles. The summed E-state index contributed by atoms with van der Waals surface area (Å²) in [4.78, 5) is 3.26.